The Bertz CT molecular complexity index is 3840. The number of carboxylic acids is 4. The van der Waals surface area contributed by atoms with Crippen LogP contribution in [0.25, 0.3) is 0 Å². The topological polar surface area (TPSA) is 775 Å². The van der Waals surface area contributed by atoms with Crippen LogP contribution >= 0.6 is 0 Å². The number of nitrogens with two attached hydrogens (primary N) is 8. The quantitative estimate of drug-likeness (QED) is 0.0202. The van der Waals surface area contributed by atoms with Crippen molar-refractivity contribution in [1.82, 2.24) is 51.1 Å². The summed E-state index contributed by atoms with van der Waals surface area (Å²) in [4.78, 5) is 46.5. The molecule has 0 bridgehead atoms. The molecule has 584 valence electrons. The number of carboxylic acid groups (broad SMARTS) is 4. The predicted molar refractivity (Wildman–Crippen MR) is 378 cm³/mol. The van der Waals surface area contributed by atoms with Crippen LogP contribution in [-0.2, 0) is 88.2 Å². The summed E-state index contributed by atoms with van der Waals surface area (Å²) in [5.41, 5.74) is 40.4. The molecule has 0 amide bonds. The van der Waals surface area contributed by atoms with E-state index in [2.05, 4.69) is 34.3 Å². The zero-order valence-corrected chi connectivity index (χ0v) is 60.4. The van der Waals surface area contributed by atoms with Gasteiger partial charge in [-0.1, -0.05) is 30.9 Å². The first-order valence-corrected chi connectivity index (χ1v) is 37.5. The Morgan fingerprint density at radius 1 is 0.481 bits per heavy atom. The smallest absolute Gasteiger partial charge is 0.451 e. The molecule has 4 aromatic heterocycles. The van der Waals surface area contributed by atoms with Crippen molar-refractivity contribution in [2.45, 2.75) is 98.8 Å². The highest BCUT2D eigenvalue weighted by molar-refractivity contribution is 7.91. The van der Waals surface area contributed by atoms with E-state index in [-0.39, 0.29) is 130 Å². The molecule has 47 nitrogen and oxygen atoms in total. The van der Waals surface area contributed by atoms with Gasteiger partial charge in [0.05, 0.1) is 23.3 Å². The van der Waals surface area contributed by atoms with Crippen molar-refractivity contribution in [1.29, 1.82) is 0 Å². The molecule has 4 aliphatic rings. The van der Waals surface area contributed by atoms with E-state index in [1.807, 2.05) is 0 Å². The fourth-order valence-electron chi connectivity index (χ4n) is 12.0. The number of carbonyl (C=O) groups is 4. The van der Waals surface area contributed by atoms with Gasteiger partial charge >= 0.3 is 93.2 Å². The molecule has 32 N–H and O–H groups in total. The second-order valence-corrected chi connectivity index (χ2v) is 32.6. The molecule has 0 aromatic carbocycles. The lowest BCUT2D eigenvalue weighted by molar-refractivity contribution is -0.145. The van der Waals surface area contributed by atoms with E-state index in [9.17, 15) is 73.3 Å². The first-order valence-electron chi connectivity index (χ1n) is 31.8. The maximum atomic E-state index is 12.6. The zero-order chi connectivity index (χ0) is 78.8. The summed E-state index contributed by atoms with van der Waals surface area (Å²) < 4.78 is 119. The third kappa shape index (κ3) is 21.7. The minimum Gasteiger partial charge on any atom is -0.480 e. The highest BCUT2D eigenvalue weighted by atomic mass is 32.2. The van der Waals surface area contributed by atoms with E-state index < -0.39 is 165 Å². The number of nitrogens with one attached hydrogen (secondary N) is 4. The molecule has 4 aliphatic heterocycles. The van der Waals surface area contributed by atoms with E-state index in [1.165, 1.54) is 41.0 Å². The molecule has 0 aliphatic carbocycles. The van der Waals surface area contributed by atoms with E-state index in [0.29, 0.717) is 19.3 Å². The second-order valence-electron chi connectivity index (χ2n) is 25.9. The molecule has 8 atom stereocenters. The fraction of sp³-hybridized carbons (Fsp3) is 0.653. The Morgan fingerprint density at radius 2 is 0.798 bits per heavy atom. The molecule has 4 fully saturated rings. The van der Waals surface area contributed by atoms with Crippen molar-refractivity contribution < 1.29 is 113 Å². The van der Waals surface area contributed by atoms with Gasteiger partial charge in [0.15, 0.2) is 11.6 Å². The van der Waals surface area contributed by atoms with E-state index in [0.717, 1.165) is 21.9 Å². The summed E-state index contributed by atoms with van der Waals surface area (Å²) in [6.45, 7) is -2.06. The Morgan fingerprint density at radius 3 is 1.05 bits per heavy atom. The maximum absolute atomic E-state index is 12.6. The van der Waals surface area contributed by atoms with Gasteiger partial charge in [0.1, 0.15) is 39.5 Å². The molecule has 0 saturated carbocycles. The standard InChI is InChI=1S/2C13H24BN5O6S.C12H23BN6O6S.C11H22BN7O6S/c1-18-6-4-10(11(18)15)17-26(24,25)19-7-9(3-2-5-14(22)23)13(16,8-19)12(20)21;1-18-6-10(15)11(7-18)17-26(24,25)19-5-9(3-2-4-14(22)23)13(16,8-19)12(20)21;1-18-10(14)9(5-16-18)17-26(24,25)19-6-8(3-2-4-13(22)23)12(15,7-19)11(20)21;1-18-9(8(13)15-17-18)16-26(24,25)19-5-7(3-2-4-12(22)23)11(14,6-19)10(20)21/h4,6,9,17,22-23H,2-3,5,7-8,15-16H2,1H3,(H,20,21);6-7,9,17,22-23H,2-5,8,15-16H2,1H3,(H,20,21);5,8,17,22-23H,2-4,6-7,14-15H2,1H3,(H,20,21);7,16,22-23H,2-6,13-14H2,1H3,(H,20,21)/t2*9-,13-;8-,12-;7-,11-/m0000/s1. The average Bonchev–Trinajstić information content (AvgIpc) is 1.64. The first-order chi connectivity index (χ1) is 47.9. The van der Waals surface area contributed by atoms with Crippen LogP contribution in [0.3, 0.4) is 0 Å². The lowest BCUT2D eigenvalue weighted by Gasteiger charge is -2.25. The number of hydrogen-bond donors (Lipinski definition) is 24. The van der Waals surface area contributed by atoms with Gasteiger partial charge in [-0.05, 0) is 57.0 Å². The molecule has 0 radical (unpaired) electrons. The molecule has 4 saturated heterocycles. The number of nitrogens with zero attached hydrogens (tertiary/aromatic N) is 11. The van der Waals surface area contributed by atoms with Gasteiger partial charge in [0.2, 0.25) is 0 Å². The minimum atomic E-state index is -4.15. The molecule has 8 heterocycles. The SMILES string of the molecule is Cn1cc(N)c(NS(=O)(=O)N2C[C@H](CCCB(O)O)[C@](N)(C(=O)O)C2)c1.Cn1ccc(NS(=O)(=O)N2C[C@H](CCCB(O)O)[C@](N)(C(=O)O)C2)c1N.Cn1ncc(NS(=O)(=O)N2C[C@H](CCCB(O)O)[C@](N)(C(=O)O)C2)c1N.Cn1nnc(N)c1NS(=O)(=O)N1C[C@H](CCCB(O)O)[C@](N)(C(=O)O)C1. The Hall–Kier alpha value is -7.39. The summed E-state index contributed by atoms with van der Waals surface area (Å²) in [5, 5.41) is 120. The van der Waals surface area contributed by atoms with Crippen LogP contribution in [0, 0.1) is 23.7 Å². The highest BCUT2D eigenvalue weighted by Crippen LogP contribution is 2.38. The van der Waals surface area contributed by atoms with Crippen molar-refractivity contribution in [2.24, 2.45) is 74.8 Å². The molecular formula is C49H93B4N23O24S4. The third-order valence-corrected chi connectivity index (χ3v) is 24.0. The van der Waals surface area contributed by atoms with Crippen LogP contribution in [-0.4, -0.2) is 272 Å². The lowest BCUT2D eigenvalue weighted by atomic mass is 9.78. The van der Waals surface area contributed by atoms with Crippen LogP contribution < -0.4 is 64.8 Å². The van der Waals surface area contributed by atoms with Crippen LogP contribution in [0.4, 0.5) is 46.0 Å². The van der Waals surface area contributed by atoms with E-state index in [4.69, 9.17) is 86.1 Å². The monoisotopic (exact) mass is 1560 g/mol. The summed E-state index contributed by atoms with van der Waals surface area (Å²) in [6, 6.07) is 1.50. The molecular weight excluding hydrogens is 1470 g/mol. The van der Waals surface area contributed by atoms with Gasteiger partial charge in [-0.2, -0.15) is 56.0 Å². The Kier molecular flexibility index (Phi) is 29.3. The van der Waals surface area contributed by atoms with E-state index in [1.54, 1.807) is 31.9 Å². The summed E-state index contributed by atoms with van der Waals surface area (Å²) in [5.74, 6) is -7.79. The van der Waals surface area contributed by atoms with Crippen molar-refractivity contribution >= 4 is 139 Å². The Balaban J connectivity index is 0.000000249. The number of anilines is 8. The molecule has 104 heavy (non-hydrogen) atoms. The van der Waals surface area contributed by atoms with Gasteiger partial charge in [0, 0.05) is 123 Å². The van der Waals surface area contributed by atoms with E-state index >= 15 is 0 Å². The number of aromatic nitrogens is 7. The van der Waals surface area contributed by atoms with Gasteiger partial charge in [-0.3, -0.25) is 42.7 Å². The van der Waals surface area contributed by atoms with Gasteiger partial charge in [-0.25, -0.2) is 4.68 Å². The van der Waals surface area contributed by atoms with Gasteiger partial charge < -0.3 is 116 Å². The van der Waals surface area contributed by atoms with Crippen LogP contribution in [0.1, 0.15) is 51.4 Å². The number of nitrogen functional groups attached to an aromatic ring is 4. The average molecular weight is 1560 g/mol. The maximum Gasteiger partial charge on any atom is 0.451 e. The van der Waals surface area contributed by atoms with Gasteiger partial charge in [0.25, 0.3) is 0 Å². The lowest BCUT2D eigenvalue weighted by Crippen LogP contribution is -2.55. The van der Waals surface area contributed by atoms with Crippen molar-refractivity contribution in [3.05, 3.63) is 30.9 Å². The third-order valence-electron chi connectivity index (χ3n) is 18.3. The molecule has 55 heteroatoms. The number of aliphatic carboxylic acids is 4. The fourth-order valence-corrected chi connectivity index (χ4v) is 17.4. The predicted octanol–water partition coefficient (Wildman–Crippen LogP) is -8.89. The summed E-state index contributed by atoms with van der Waals surface area (Å²) in [7, 11) is -16.1. The highest BCUT2D eigenvalue weighted by Gasteiger charge is 2.56. The van der Waals surface area contributed by atoms with Crippen molar-refractivity contribution in [3.8, 4) is 0 Å². The largest absolute Gasteiger partial charge is 0.480 e. The summed E-state index contributed by atoms with van der Waals surface area (Å²) in [6.07, 6.45) is 8.21. The number of aryl methyl sites for hydroxylation is 4. The molecule has 4 aromatic rings. The molecule has 0 unspecified atom stereocenters. The first kappa shape index (κ1) is 87.2. The van der Waals surface area contributed by atoms with Crippen LogP contribution in [0.15, 0.2) is 30.9 Å². The van der Waals surface area contributed by atoms with Crippen LogP contribution in [0.5, 0.6) is 0 Å². The van der Waals surface area contributed by atoms with Crippen molar-refractivity contribution in [3.63, 3.8) is 0 Å². The van der Waals surface area contributed by atoms with Crippen LogP contribution in [0.2, 0.25) is 25.3 Å². The molecule has 8 rings (SSSR count). The summed E-state index contributed by atoms with van der Waals surface area (Å²) >= 11 is 0. The van der Waals surface area contributed by atoms with Gasteiger partial charge in [-0.15, -0.1) is 5.10 Å². The Labute approximate surface area is 599 Å². The number of rotatable bonds is 32. The van der Waals surface area contributed by atoms with Crippen molar-refractivity contribution in [2.75, 3.05) is 94.2 Å². The number of hydrogen-bond acceptors (Lipinski definition) is 31. The zero-order valence-electron chi connectivity index (χ0n) is 57.1. The molecule has 0 spiro atoms. The second kappa shape index (κ2) is 34.9. The minimum absolute atomic E-state index is 0.0361. The normalized spacial score (nSPS) is 23.9.